The van der Waals surface area contributed by atoms with Crippen LogP contribution in [0.15, 0.2) is 6.33 Å². The Kier molecular flexibility index (Phi) is 3.50. The molecule has 1 saturated heterocycles. The predicted octanol–water partition coefficient (Wildman–Crippen LogP) is -1.38. The number of aliphatic hydroxyl groups is 3. The maximum Gasteiger partial charge on any atom is 0.194 e. The molecular formula is C10H12IN5O4. The van der Waals surface area contributed by atoms with Crippen LogP contribution in [0.25, 0.3) is 11.2 Å². The molecule has 1 aliphatic rings. The van der Waals surface area contributed by atoms with Crippen LogP contribution in [0.5, 0.6) is 0 Å². The molecule has 9 nitrogen and oxygen atoms in total. The van der Waals surface area contributed by atoms with Gasteiger partial charge in [-0.3, -0.25) is 4.57 Å². The van der Waals surface area contributed by atoms with Crippen LogP contribution in [-0.2, 0) is 4.74 Å². The summed E-state index contributed by atoms with van der Waals surface area (Å²) in [6, 6.07) is 0. The Morgan fingerprint density at radius 3 is 2.75 bits per heavy atom. The van der Waals surface area contributed by atoms with Crippen molar-refractivity contribution in [2.24, 2.45) is 0 Å². The Hall–Kier alpha value is -1.08. The number of halogens is 1. The number of aliphatic hydroxyl groups excluding tert-OH is 3. The van der Waals surface area contributed by atoms with Gasteiger partial charge >= 0.3 is 0 Å². The summed E-state index contributed by atoms with van der Waals surface area (Å²) in [5.41, 5.74) is 6.55. The maximum absolute atomic E-state index is 10.0. The smallest absolute Gasteiger partial charge is 0.194 e. The molecule has 3 rings (SSSR count). The summed E-state index contributed by atoms with van der Waals surface area (Å²) in [6.07, 6.45) is -2.71. The van der Waals surface area contributed by atoms with Crippen molar-refractivity contribution in [3.05, 3.63) is 10.2 Å². The molecule has 0 bridgehead atoms. The minimum Gasteiger partial charge on any atom is -0.394 e. The van der Waals surface area contributed by atoms with Crippen molar-refractivity contribution in [2.75, 3.05) is 12.3 Å². The second-order valence-corrected chi connectivity index (χ2v) is 5.40. The van der Waals surface area contributed by atoms with E-state index in [4.69, 9.17) is 15.6 Å². The fourth-order valence-electron chi connectivity index (χ4n) is 2.21. The lowest BCUT2D eigenvalue weighted by molar-refractivity contribution is -0.0511. The van der Waals surface area contributed by atoms with Crippen LogP contribution >= 0.6 is 22.6 Å². The number of nitrogen functional groups attached to an aromatic ring is 1. The van der Waals surface area contributed by atoms with E-state index in [1.807, 2.05) is 22.6 Å². The number of imidazole rings is 1. The van der Waals surface area contributed by atoms with E-state index in [-0.39, 0.29) is 5.82 Å². The zero-order chi connectivity index (χ0) is 14.4. The molecule has 0 aromatic carbocycles. The van der Waals surface area contributed by atoms with Crippen molar-refractivity contribution in [3.8, 4) is 0 Å². The summed E-state index contributed by atoms with van der Waals surface area (Å²) < 4.78 is 7.34. The second kappa shape index (κ2) is 5.04. The average molecular weight is 393 g/mol. The van der Waals surface area contributed by atoms with E-state index < -0.39 is 31.1 Å². The van der Waals surface area contributed by atoms with Crippen molar-refractivity contribution in [3.63, 3.8) is 0 Å². The van der Waals surface area contributed by atoms with Gasteiger partial charge in [0, 0.05) is 22.6 Å². The van der Waals surface area contributed by atoms with E-state index in [0.717, 1.165) is 0 Å². The van der Waals surface area contributed by atoms with Gasteiger partial charge in [0.05, 0.1) is 12.9 Å². The van der Waals surface area contributed by atoms with Crippen molar-refractivity contribution < 1.29 is 20.1 Å². The minimum absolute atomic E-state index is 0.227. The predicted molar refractivity (Wildman–Crippen MR) is 75.5 cm³/mol. The quantitative estimate of drug-likeness (QED) is 0.362. The molecule has 4 atom stereocenters. The molecule has 0 aliphatic carbocycles. The third-order valence-electron chi connectivity index (χ3n) is 3.21. The van der Waals surface area contributed by atoms with Crippen molar-refractivity contribution in [1.29, 1.82) is 0 Å². The molecule has 5 N–H and O–H groups in total. The van der Waals surface area contributed by atoms with Crippen molar-refractivity contribution in [1.82, 2.24) is 19.5 Å². The van der Waals surface area contributed by atoms with Gasteiger partial charge in [0.25, 0.3) is 0 Å². The van der Waals surface area contributed by atoms with Crippen molar-refractivity contribution in [2.45, 2.75) is 24.5 Å². The molecule has 2 aromatic heterocycles. The molecule has 1 unspecified atom stereocenters. The lowest BCUT2D eigenvalue weighted by Gasteiger charge is -2.16. The number of aromatic nitrogens is 4. The molecule has 10 heteroatoms. The Morgan fingerprint density at radius 2 is 2.10 bits per heavy atom. The number of rotatable bonds is 2. The first kappa shape index (κ1) is 13.9. The van der Waals surface area contributed by atoms with Gasteiger partial charge in [0.1, 0.15) is 23.8 Å². The molecule has 0 spiro atoms. The SMILES string of the molecule is Nc1nc(I)nc2c1ncn2[C@@H]1OC(CO)[C@@H](O)[C@H]1O. The highest BCUT2D eigenvalue weighted by Crippen LogP contribution is 2.31. The van der Waals surface area contributed by atoms with E-state index >= 15 is 0 Å². The molecule has 2 aromatic rings. The summed E-state index contributed by atoms with van der Waals surface area (Å²) in [5, 5.41) is 28.9. The monoisotopic (exact) mass is 393 g/mol. The highest BCUT2D eigenvalue weighted by atomic mass is 127. The van der Waals surface area contributed by atoms with Gasteiger partial charge in [-0.05, 0) is 0 Å². The molecule has 1 fully saturated rings. The van der Waals surface area contributed by atoms with Crippen LogP contribution in [0.1, 0.15) is 6.23 Å². The molecule has 3 heterocycles. The first-order chi connectivity index (χ1) is 9.52. The molecular weight excluding hydrogens is 381 g/mol. The van der Waals surface area contributed by atoms with Gasteiger partial charge in [0.2, 0.25) is 0 Å². The topological polar surface area (TPSA) is 140 Å². The summed E-state index contributed by atoms with van der Waals surface area (Å²) in [4.78, 5) is 12.3. The van der Waals surface area contributed by atoms with Gasteiger partial charge in [-0.2, -0.15) is 0 Å². The Morgan fingerprint density at radius 1 is 1.35 bits per heavy atom. The Labute approximate surface area is 126 Å². The van der Waals surface area contributed by atoms with Crippen LogP contribution in [-0.4, -0.2) is 59.8 Å². The molecule has 20 heavy (non-hydrogen) atoms. The van der Waals surface area contributed by atoms with E-state index in [1.165, 1.54) is 10.9 Å². The summed E-state index contributed by atoms with van der Waals surface area (Å²) in [6.45, 7) is -0.393. The van der Waals surface area contributed by atoms with Crippen LogP contribution in [0.2, 0.25) is 0 Å². The molecule has 0 amide bonds. The van der Waals surface area contributed by atoms with Crippen LogP contribution < -0.4 is 5.73 Å². The minimum atomic E-state index is -1.20. The number of hydrogen-bond donors (Lipinski definition) is 4. The number of ether oxygens (including phenoxy) is 1. The first-order valence-corrected chi connectivity index (χ1v) is 6.88. The normalized spacial score (nSPS) is 30.2. The second-order valence-electron chi connectivity index (χ2n) is 4.43. The number of nitrogens with zero attached hydrogens (tertiary/aromatic N) is 4. The van der Waals surface area contributed by atoms with Crippen LogP contribution in [0, 0.1) is 3.83 Å². The number of fused-ring (bicyclic) bond motifs is 1. The summed E-state index contributed by atoms with van der Waals surface area (Å²) >= 11 is 1.92. The van der Waals surface area contributed by atoms with Gasteiger partial charge in [-0.1, -0.05) is 0 Å². The van der Waals surface area contributed by atoms with Crippen molar-refractivity contribution >= 4 is 39.6 Å². The molecule has 108 valence electrons. The van der Waals surface area contributed by atoms with Crippen LogP contribution in [0.3, 0.4) is 0 Å². The standard InChI is InChI=1S/C10H12IN5O4/c11-10-14-7(12)4-8(15-10)16(2-13-4)9-6(19)5(18)3(1-17)20-9/h2-3,5-6,9,17-19H,1H2,(H2,12,14,15)/t3?,5-,6-,9-/m1/s1. The lowest BCUT2D eigenvalue weighted by atomic mass is 10.1. The lowest BCUT2D eigenvalue weighted by Crippen LogP contribution is -2.33. The van der Waals surface area contributed by atoms with E-state index in [9.17, 15) is 10.2 Å². The van der Waals surface area contributed by atoms with E-state index in [2.05, 4.69) is 15.0 Å². The van der Waals surface area contributed by atoms with Gasteiger partial charge in [0.15, 0.2) is 21.5 Å². The third-order valence-corrected chi connectivity index (χ3v) is 3.69. The fraction of sp³-hybridized carbons (Fsp3) is 0.500. The Balaban J connectivity index is 2.07. The van der Waals surface area contributed by atoms with Crippen LogP contribution in [0.4, 0.5) is 5.82 Å². The van der Waals surface area contributed by atoms with Gasteiger partial charge in [-0.15, -0.1) is 0 Å². The highest BCUT2D eigenvalue weighted by molar-refractivity contribution is 14.1. The zero-order valence-corrected chi connectivity index (χ0v) is 12.2. The first-order valence-electron chi connectivity index (χ1n) is 5.81. The maximum atomic E-state index is 10.0. The van der Waals surface area contributed by atoms with E-state index in [1.54, 1.807) is 0 Å². The van der Waals surface area contributed by atoms with Gasteiger partial charge in [-0.25, -0.2) is 15.0 Å². The van der Waals surface area contributed by atoms with E-state index in [0.29, 0.717) is 15.0 Å². The Bertz CT molecular complexity index is 650. The zero-order valence-electron chi connectivity index (χ0n) is 10.1. The summed E-state index contributed by atoms with van der Waals surface area (Å²) in [7, 11) is 0. The molecule has 0 radical (unpaired) electrons. The largest absolute Gasteiger partial charge is 0.394 e. The van der Waals surface area contributed by atoms with Gasteiger partial charge < -0.3 is 25.8 Å². The average Bonchev–Trinajstić information content (AvgIpc) is 2.93. The highest BCUT2D eigenvalue weighted by Gasteiger charge is 2.44. The fourth-order valence-corrected chi connectivity index (χ4v) is 2.70. The third kappa shape index (κ3) is 2.03. The number of hydrogen-bond acceptors (Lipinski definition) is 8. The number of nitrogens with two attached hydrogens (primary N) is 1. The molecule has 1 aliphatic heterocycles. The summed E-state index contributed by atoms with van der Waals surface area (Å²) in [5.74, 6) is 0.227. The number of anilines is 1. The molecule has 0 saturated carbocycles.